The minimum absolute atomic E-state index is 0.234. The molecule has 4 rings (SSSR count). The summed E-state index contributed by atoms with van der Waals surface area (Å²) in [7, 11) is 0. The summed E-state index contributed by atoms with van der Waals surface area (Å²) >= 11 is 0. The van der Waals surface area contributed by atoms with Crippen LogP contribution in [-0.2, 0) is 4.74 Å². The van der Waals surface area contributed by atoms with E-state index in [-0.39, 0.29) is 6.10 Å². The van der Waals surface area contributed by atoms with Gasteiger partial charge in [0.2, 0.25) is 0 Å². The highest BCUT2D eigenvalue weighted by atomic mass is 16.5. The first-order valence-corrected chi connectivity index (χ1v) is 11.6. The van der Waals surface area contributed by atoms with Gasteiger partial charge in [-0.3, -0.25) is 14.8 Å². The summed E-state index contributed by atoms with van der Waals surface area (Å²) in [6.45, 7) is 12.1. The Morgan fingerprint density at radius 1 is 1.17 bits per heavy atom. The molecule has 1 aromatic rings. The second kappa shape index (κ2) is 10.9. The Balaban J connectivity index is 1.23. The van der Waals surface area contributed by atoms with Crippen molar-refractivity contribution in [1.29, 1.82) is 0 Å². The van der Waals surface area contributed by atoms with Crippen LogP contribution >= 0.6 is 0 Å². The average molecular weight is 412 g/mol. The quantitative estimate of drug-likeness (QED) is 0.574. The van der Waals surface area contributed by atoms with E-state index in [1.54, 1.807) is 0 Å². The Morgan fingerprint density at radius 2 is 2.00 bits per heavy atom. The van der Waals surface area contributed by atoms with Gasteiger partial charge in [-0.1, -0.05) is 42.5 Å². The first-order chi connectivity index (χ1) is 14.8. The molecule has 6 heteroatoms. The third kappa shape index (κ3) is 5.84. The molecule has 3 saturated heterocycles. The smallest absolute Gasteiger partial charge is 0.194 e. The fourth-order valence-electron chi connectivity index (χ4n) is 4.65. The zero-order chi connectivity index (χ0) is 20.6. The van der Waals surface area contributed by atoms with Gasteiger partial charge in [0.1, 0.15) is 0 Å². The van der Waals surface area contributed by atoms with Crippen molar-refractivity contribution in [2.75, 3.05) is 65.5 Å². The van der Waals surface area contributed by atoms with Crippen molar-refractivity contribution in [3.05, 3.63) is 42.0 Å². The molecule has 0 aromatic heterocycles. The molecular weight excluding hydrogens is 374 g/mol. The predicted molar refractivity (Wildman–Crippen MR) is 124 cm³/mol. The fraction of sp³-hybridized carbons (Fsp3) is 0.625. The number of hydrogen-bond acceptors (Lipinski definition) is 4. The Morgan fingerprint density at radius 3 is 2.80 bits per heavy atom. The molecule has 0 spiro atoms. The van der Waals surface area contributed by atoms with Crippen LogP contribution in [-0.4, -0.2) is 98.3 Å². The van der Waals surface area contributed by atoms with Crippen molar-refractivity contribution in [1.82, 2.24) is 20.0 Å². The second-order valence-electron chi connectivity index (χ2n) is 8.54. The maximum atomic E-state index is 6.09. The maximum Gasteiger partial charge on any atom is 0.194 e. The molecule has 164 valence electrons. The number of ether oxygens (including phenoxy) is 1. The molecule has 1 N–H and O–H groups in total. The molecule has 0 saturated carbocycles. The van der Waals surface area contributed by atoms with E-state index in [1.165, 1.54) is 24.9 Å². The van der Waals surface area contributed by atoms with Gasteiger partial charge < -0.3 is 15.0 Å². The first-order valence-electron chi connectivity index (χ1n) is 11.6. The van der Waals surface area contributed by atoms with Crippen LogP contribution in [0.1, 0.15) is 25.3 Å². The molecule has 6 nitrogen and oxygen atoms in total. The van der Waals surface area contributed by atoms with Gasteiger partial charge in [0, 0.05) is 51.9 Å². The van der Waals surface area contributed by atoms with Crippen molar-refractivity contribution in [2.45, 2.75) is 31.9 Å². The van der Waals surface area contributed by atoms with Gasteiger partial charge >= 0.3 is 0 Å². The van der Waals surface area contributed by atoms with Gasteiger partial charge in [0.15, 0.2) is 5.96 Å². The summed E-state index contributed by atoms with van der Waals surface area (Å²) in [5, 5.41) is 3.49. The Kier molecular flexibility index (Phi) is 7.78. The van der Waals surface area contributed by atoms with Crippen LogP contribution < -0.4 is 5.32 Å². The molecular formula is C24H37N5O. The lowest BCUT2D eigenvalue weighted by atomic mass is 10.2. The van der Waals surface area contributed by atoms with Crippen LogP contribution in [0.2, 0.25) is 0 Å². The van der Waals surface area contributed by atoms with Gasteiger partial charge in [0.25, 0.3) is 0 Å². The van der Waals surface area contributed by atoms with Crippen molar-refractivity contribution >= 4 is 12.0 Å². The summed E-state index contributed by atoms with van der Waals surface area (Å²) in [6, 6.07) is 11.2. The molecule has 0 amide bonds. The Bertz CT molecular complexity index is 699. The molecule has 2 atom stereocenters. The summed E-state index contributed by atoms with van der Waals surface area (Å²) in [4.78, 5) is 12.5. The number of aliphatic imine (C=N–C) groups is 1. The van der Waals surface area contributed by atoms with Gasteiger partial charge in [-0.25, -0.2) is 0 Å². The highest BCUT2D eigenvalue weighted by Gasteiger charge is 2.32. The molecule has 3 aliphatic heterocycles. The van der Waals surface area contributed by atoms with Crippen molar-refractivity contribution in [3.8, 4) is 0 Å². The fourth-order valence-corrected chi connectivity index (χ4v) is 4.65. The number of fused-ring (bicyclic) bond motifs is 1. The van der Waals surface area contributed by atoms with Crippen molar-refractivity contribution in [2.24, 2.45) is 4.99 Å². The van der Waals surface area contributed by atoms with Crippen LogP contribution in [0.25, 0.3) is 6.08 Å². The number of guanidine groups is 1. The normalized spacial score (nSPS) is 26.3. The molecule has 3 aliphatic rings. The standard InChI is InChI=1S/C24H37N5O/c1-2-25-24(26-18-23-19-29-13-7-11-22(29)20-30-23)28-16-14-27(15-17-28)12-6-10-21-8-4-3-5-9-21/h3-6,8-10,22-23H,2,7,11-20H2,1H3,(H,25,26)/b10-6+. The lowest BCUT2D eigenvalue weighted by Crippen LogP contribution is -2.53. The van der Waals surface area contributed by atoms with E-state index in [1.807, 2.05) is 0 Å². The van der Waals surface area contributed by atoms with Gasteiger partial charge in [0.05, 0.1) is 19.3 Å². The maximum absolute atomic E-state index is 6.09. The highest BCUT2D eigenvalue weighted by molar-refractivity contribution is 5.80. The van der Waals surface area contributed by atoms with Gasteiger partial charge in [-0.05, 0) is 31.9 Å². The molecule has 0 aliphatic carbocycles. The Hall–Kier alpha value is -1.89. The predicted octanol–water partition coefficient (Wildman–Crippen LogP) is 2.15. The number of benzene rings is 1. The summed E-state index contributed by atoms with van der Waals surface area (Å²) < 4.78 is 6.09. The number of nitrogens with zero attached hydrogens (tertiary/aromatic N) is 4. The number of nitrogens with one attached hydrogen (secondary N) is 1. The van der Waals surface area contributed by atoms with E-state index in [9.17, 15) is 0 Å². The van der Waals surface area contributed by atoms with E-state index in [4.69, 9.17) is 9.73 Å². The minimum Gasteiger partial charge on any atom is -0.373 e. The average Bonchev–Trinajstić information content (AvgIpc) is 3.26. The topological polar surface area (TPSA) is 43.3 Å². The zero-order valence-corrected chi connectivity index (χ0v) is 18.4. The van der Waals surface area contributed by atoms with E-state index in [0.29, 0.717) is 6.04 Å². The number of piperazine rings is 1. The van der Waals surface area contributed by atoms with Crippen LogP contribution in [0, 0.1) is 0 Å². The SMILES string of the molecule is CCNC(=NCC1CN2CCCC2CO1)N1CCN(C/C=C/c2ccccc2)CC1. The lowest BCUT2D eigenvalue weighted by Gasteiger charge is -2.37. The van der Waals surface area contributed by atoms with Gasteiger partial charge in [-0.2, -0.15) is 0 Å². The lowest BCUT2D eigenvalue weighted by molar-refractivity contribution is -0.0433. The summed E-state index contributed by atoms with van der Waals surface area (Å²) in [6.07, 6.45) is 7.34. The molecule has 30 heavy (non-hydrogen) atoms. The van der Waals surface area contributed by atoms with E-state index < -0.39 is 0 Å². The number of rotatable bonds is 6. The van der Waals surface area contributed by atoms with Crippen molar-refractivity contribution in [3.63, 3.8) is 0 Å². The van der Waals surface area contributed by atoms with E-state index in [2.05, 4.69) is 69.4 Å². The minimum atomic E-state index is 0.234. The van der Waals surface area contributed by atoms with E-state index >= 15 is 0 Å². The molecule has 0 radical (unpaired) electrons. The first kappa shape index (κ1) is 21.3. The van der Waals surface area contributed by atoms with Crippen LogP contribution in [0.4, 0.5) is 0 Å². The molecule has 1 aromatic carbocycles. The van der Waals surface area contributed by atoms with Gasteiger partial charge in [-0.15, -0.1) is 0 Å². The number of morpholine rings is 1. The van der Waals surface area contributed by atoms with Crippen LogP contribution in [0.3, 0.4) is 0 Å². The summed E-state index contributed by atoms with van der Waals surface area (Å²) in [5.74, 6) is 1.05. The third-order valence-corrected chi connectivity index (χ3v) is 6.39. The Labute approximate surface area is 181 Å². The molecule has 2 unspecified atom stereocenters. The monoisotopic (exact) mass is 411 g/mol. The molecule has 0 bridgehead atoms. The van der Waals surface area contributed by atoms with Crippen LogP contribution in [0.15, 0.2) is 41.4 Å². The largest absolute Gasteiger partial charge is 0.373 e. The molecule has 3 fully saturated rings. The molecule has 3 heterocycles. The number of hydrogen-bond donors (Lipinski definition) is 1. The van der Waals surface area contributed by atoms with Crippen molar-refractivity contribution < 1.29 is 4.74 Å². The second-order valence-corrected chi connectivity index (χ2v) is 8.54. The summed E-state index contributed by atoms with van der Waals surface area (Å²) in [5.41, 5.74) is 1.27. The highest BCUT2D eigenvalue weighted by Crippen LogP contribution is 2.22. The zero-order valence-electron chi connectivity index (χ0n) is 18.4. The third-order valence-electron chi connectivity index (χ3n) is 6.39. The van der Waals surface area contributed by atoms with Crippen LogP contribution in [0.5, 0.6) is 0 Å². The van der Waals surface area contributed by atoms with E-state index in [0.717, 1.165) is 64.9 Å².